The van der Waals surface area contributed by atoms with Crippen LogP contribution in [0.3, 0.4) is 0 Å². The summed E-state index contributed by atoms with van der Waals surface area (Å²) >= 11 is 0. The molecule has 2 aliphatic heterocycles. The number of hydrogen-bond acceptors (Lipinski definition) is 4. The minimum absolute atomic E-state index is 0.0647. The van der Waals surface area contributed by atoms with Crippen LogP contribution in [0, 0.1) is 17.7 Å². The molecule has 1 saturated carbocycles. The lowest BCUT2D eigenvalue weighted by Gasteiger charge is -2.44. The molecule has 10 heteroatoms. The SMILES string of the molecule is O=C1NC2(CO1)CC(C(=O)N1CCC(COc3ccc(C(F)(F)F)cc3F)CC1)C2. The summed E-state index contributed by atoms with van der Waals surface area (Å²) in [6, 6.07) is 2.22. The number of ether oxygens (including phenoxy) is 2. The maximum absolute atomic E-state index is 13.9. The van der Waals surface area contributed by atoms with E-state index in [1.807, 2.05) is 0 Å². The van der Waals surface area contributed by atoms with E-state index in [1.165, 1.54) is 0 Å². The van der Waals surface area contributed by atoms with Crippen molar-refractivity contribution in [3.8, 4) is 5.75 Å². The monoisotopic (exact) mass is 430 g/mol. The molecule has 30 heavy (non-hydrogen) atoms. The first-order valence-corrected chi connectivity index (χ1v) is 9.88. The van der Waals surface area contributed by atoms with Crippen LogP contribution in [0.25, 0.3) is 0 Å². The number of amides is 2. The molecular formula is C20H22F4N2O4. The summed E-state index contributed by atoms with van der Waals surface area (Å²) in [7, 11) is 0. The molecule has 1 aromatic carbocycles. The average molecular weight is 430 g/mol. The van der Waals surface area contributed by atoms with Crippen molar-refractivity contribution in [3.05, 3.63) is 29.6 Å². The van der Waals surface area contributed by atoms with Crippen molar-refractivity contribution in [2.45, 2.75) is 37.4 Å². The van der Waals surface area contributed by atoms with Gasteiger partial charge in [-0.2, -0.15) is 13.2 Å². The van der Waals surface area contributed by atoms with E-state index in [1.54, 1.807) is 4.90 Å². The van der Waals surface area contributed by atoms with Gasteiger partial charge in [-0.15, -0.1) is 0 Å². The third kappa shape index (κ3) is 4.17. The number of benzene rings is 1. The van der Waals surface area contributed by atoms with Crippen molar-refractivity contribution >= 4 is 12.0 Å². The van der Waals surface area contributed by atoms with Gasteiger partial charge in [0.2, 0.25) is 5.91 Å². The van der Waals surface area contributed by atoms with Gasteiger partial charge in [0, 0.05) is 19.0 Å². The molecule has 0 atom stereocenters. The number of piperidine rings is 1. The molecule has 0 radical (unpaired) electrons. The molecule has 0 bridgehead atoms. The number of alkyl halides is 3. The Morgan fingerprint density at radius 3 is 2.53 bits per heavy atom. The summed E-state index contributed by atoms with van der Waals surface area (Å²) in [6.07, 6.45) is -2.54. The lowest BCUT2D eigenvalue weighted by molar-refractivity contribution is -0.142. The Balaban J connectivity index is 1.22. The van der Waals surface area contributed by atoms with Crippen LogP contribution in [0.2, 0.25) is 0 Å². The van der Waals surface area contributed by atoms with Crippen LogP contribution in [0.5, 0.6) is 5.75 Å². The van der Waals surface area contributed by atoms with Crippen LogP contribution in [0.15, 0.2) is 18.2 Å². The van der Waals surface area contributed by atoms with Gasteiger partial charge in [-0.1, -0.05) is 0 Å². The molecule has 3 aliphatic rings. The van der Waals surface area contributed by atoms with E-state index >= 15 is 0 Å². The fourth-order valence-electron chi connectivity index (χ4n) is 4.35. The predicted molar refractivity (Wildman–Crippen MR) is 96.1 cm³/mol. The number of halogens is 4. The lowest BCUT2D eigenvalue weighted by Crippen LogP contribution is -2.58. The zero-order chi connectivity index (χ0) is 21.5. The molecule has 6 nitrogen and oxygen atoms in total. The number of carbonyl (C=O) groups excluding carboxylic acids is 2. The zero-order valence-corrected chi connectivity index (χ0v) is 16.1. The average Bonchev–Trinajstić information content (AvgIpc) is 3.07. The third-order valence-corrected chi connectivity index (χ3v) is 6.13. The molecule has 164 valence electrons. The van der Waals surface area contributed by atoms with E-state index in [-0.39, 0.29) is 30.1 Å². The number of carbonyl (C=O) groups is 2. The summed E-state index contributed by atoms with van der Waals surface area (Å²) in [5, 5.41) is 2.77. The van der Waals surface area contributed by atoms with Crippen molar-refractivity contribution in [3.63, 3.8) is 0 Å². The summed E-state index contributed by atoms with van der Waals surface area (Å²) in [5.74, 6) is -1.22. The molecule has 2 amide bonds. The van der Waals surface area contributed by atoms with Gasteiger partial charge in [0.1, 0.15) is 6.61 Å². The molecule has 2 heterocycles. The number of cyclic esters (lactones) is 1. The Kier molecular flexibility index (Phi) is 5.27. The van der Waals surface area contributed by atoms with E-state index in [4.69, 9.17) is 9.47 Å². The molecule has 2 saturated heterocycles. The molecular weight excluding hydrogens is 408 g/mol. The number of nitrogens with one attached hydrogen (secondary N) is 1. The standard InChI is InChI=1S/C20H22F4N2O4/c21-15-7-14(20(22,23)24)1-2-16(15)29-10-12-3-5-26(6-4-12)17(27)13-8-19(9-13)11-30-18(28)25-19/h1-2,7,12-13H,3-6,8-11H2,(H,25,28). The van der Waals surface area contributed by atoms with Crippen molar-refractivity contribution in [2.75, 3.05) is 26.3 Å². The molecule has 1 aromatic rings. The topological polar surface area (TPSA) is 67.9 Å². The number of alkyl carbamates (subject to hydrolysis) is 1. The van der Waals surface area contributed by atoms with Gasteiger partial charge in [-0.25, -0.2) is 9.18 Å². The van der Waals surface area contributed by atoms with Gasteiger partial charge in [-0.3, -0.25) is 4.79 Å². The first-order chi connectivity index (χ1) is 14.2. The van der Waals surface area contributed by atoms with Crippen LogP contribution in [0.4, 0.5) is 22.4 Å². The Bertz CT molecular complexity index is 831. The van der Waals surface area contributed by atoms with Crippen molar-refractivity contribution < 1.29 is 36.6 Å². The fourth-order valence-corrected chi connectivity index (χ4v) is 4.35. The highest BCUT2D eigenvalue weighted by atomic mass is 19.4. The van der Waals surface area contributed by atoms with E-state index in [0.717, 1.165) is 12.1 Å². The van der Waals surface area contributed by atoms with Gasteiger partial charge >= 0.3 is 12.3 Å². The first-order valence-electron chi connectivity index (χ1n) is 9.88. The van der Waals surface area contributed by atoms with Gasteiger partial charge in [0.25, 0.3) is 0 Å². The van der Waals surface area contributed by atoms with Crippen LogP contribution >= 0.6 is 0 Å². The van der Waals surface area contributed by atoms with Crippen molar-refractivity contribution in [2.24, 2.45) is 11.8 Å². The Labute approximate surface area is 170 Å². The molecule has 0 aromatic heterocycles. The second-order valence-electron chi connectivity index (χ2n) is 8.31. The Hall–Kier alpha value is -2.52. The summed E-state index contributed by atoms with van der Waals surface area (Å²) in [4.78, 5) is 25.6. The van der Waals surface area contributed by atoms with E-state index in [2.05, 4.69) is 5.32 Å². The maximum Gasteiger partial charge on any atom is 0.416 e. The van der Waals surface area contributed by atoms with Gasteiger partial charge in [0.15, 0.2) is 11.6 Å². The van der Waals surface area contributed by atoms with Crippen LogP contribution in [0.1, 0.15) is 31.2 Å². The maximum atomic E-state index is 13.9. The van der Waals surface area contributed by atoms with Crippen LogP contribution in [-0.2, 0) is 15.7 Å². The van der Waals surface area contributed by atoms with Crippen LogP contribution in [-0.4, -0.2) is 48.7 Å². The van der Waals surface area contributed by atoms with Gasteiger partial charge in [-0.05, 0) is 49.8 Å². The zero-order valence-electron chi connectivity index (χ0n) is 16.1. The first kappa shape index (κ1) is 20.7. The highest BCUT2D eigenvalue weighted by Gasteiger charge is 2.53. The highest BCUT2D eigenvalue weighted by molar-refractivity contribution is 5.81. The summed E-state index contributed by atoms with van der Waals surface area (Å²) < 4.78 is 62.0. The second-order valence-corrected chi connectivity index (χ2v) is 8.31. The van der Waals surface area contributed by atoms with E-state index < -0.39 is 29.2 Å². The smallest absolute Gasteiger partial charge is 0.416 e. The van der Waals surface area contributed by atoms with Crippen molar-refractivity contribution in [1.29, 1.82) is 0 Å². The molecule has 4 rings (SSSR count). The minimum Gasteiger partial charge on any atom is -0.490 e. The van der Waals surface area contributed by atoms with Gasteiger partial charge in [0.05, 0.1) is 17.7 Å². The van der Waals surface area contributed by atoms with E-state index in [0.29, 0.717) is 51.4 Å². The molecule has 1 spiro atoms. The molecule has 1 N–H and O–H groups in total. The lowest BCUT2D eigenvalue weighted by atomic mass is 9.68. The molecule has 3 fully saturated rings. The van der Waals surface area contributed by atoms with Crippen LogP contribution < -0.4 is 10.1 Å². The number of nitrogens with zero attached hydrogens (tertiary/aromatic N) is 1. The summed E-state index contributed by atoms with van der Waals surface area (Å²) in [6.45, 7) is 1.58. The van der Waals surface area contributed by atoms with Gasteiger partial charge < -0.3 is 19.7 Å². The molecule has 0 unspecified atom stereocenters. The quantitative estimate of drug-likeness (QED) is 0.744. The summed E-state index contributed by atoms with van der Waals surface area (Å²) in [5.41, 5.74) is -1.45. The predicted octanol–water partition coefficient (Wildman–Crippen LogP) is 3.35. The minimum atomic E-state index is -4.60. The number of rotatable bonds is 4. The Morgan fingerprint density at radius 2 is 1.97 bits per heavy atom. The number of hydrogen-bond donors (Lipinski definition) is 1. The normalized spacial score (nSPS) is 26.9. The molecule has 1 aliphatic carbocycles. The van der Waals surface area contributed by atoms with E-state index in [9.17, 15) is 27.2 Å². The van der Waals surface area contributed by atoms with Crippen molar-refractivity contribution in [1.82, 2.24) is 10.2 Å². The third-order valence-electron chi connectivity index (χ3n) is 6.13. The highest BCUT2D eigenvalue weighted by Crippen LogP contribution is 2.42. The number of likely N-dealkylation sites (tertiary alicyclic amines) is 1. The Morgan fingerprint density at radius 1 is 1.27 bits per heavy atom. The fraction of sp³-hybridized carbons (Fsp3) is 0.600. The largest absolute Gasteiger partial charge is 0.490 e. The second kappa shape index (κ2) is 7.63.